The van der Waals surface area contributed by atoms with Crippen LogP contribution in [0.2, 0.25) is 0 Å². The molecule has 3 heterocycles. The standard InChI is InChI=1S/C40H55N7O10/c1-22-19-25-26(20-41)30(46(33(50)55-37(7,8)9)34(51)56-38(10,11)12)45(27-23(2)31(48)47(43-24(27)3)35(52)57-39(13,14)15)28(25)42-29(22)53-21-40(17-18-40)44(16)32(49)54-36(4,5)6/h19H,17-18,21H2,1-16H3. The van der Waals surface area contributed by atoms with Crippen LogP contribution < -0.4 is 15.2 Å². The van der Waals surface area contributed by atoms with Crippen LogP contribution in [0, 0.1) is 32.1 Å². The van der Waals surface area contributed by atoms with Crippen molar-refractivity contribution >= 4 is 41.2 Å². The summed E-state index contributed by atoms with van der Waals surface area (Å²) in [5.74, 6) is -0.251. The number of pyridine rings is 1. The highest BCUT2D eigenvalue weighted by Gasteiger charge is 2.51. The predicted octanol–water partition coefficient (Wildman–Crippen LogP) is 7.62. The Labute approximate surface area is 332 Å². The van der Waals surface area contributed by atoms with Crippen molar-refractivity contribution in [3.63, 3.8) is 0 Å². The van der Waals surface area contributed by atoms with Gasteiger partial charge in [-0.1, -0.05) is 0 Å². The minimum absolute atomic E-state index is 0.00375. The predicted molar refractivity (Wildman–Crippen MR) is 210 cm³/mol. The van der Waals surface area contributed by atoms with Crippen molar-refractivity contribution in [2.24, 2.45) is 0 Å². The molecular weight excluding hydrogens is 738 g/mol. The summed E-state index contributed by atoms with van der Waals surface area (Å²) in [5, 5.41) is 15.3. The number of rotatable bonds is 6. The highest BCUT2D eigenvalue weighted by Crippen LogP contribution is 2.43. The molecule has 57 heavy (non-hydrogen) atoms. The first-order valence-corrected chi connectivity index (χ1v) is 18.6. The number of nitriles is 1. The number of hydrogen-bond donors (Lipinski definition) is 0. The molecule has 0 unspecified atom stereocenters. The van der Waals surface area contributed by atoms with E-state index in [4.69, 9.17) is 28.7 Å². The fourth-order valence-electron chi connectivity index (χ4n) is 5.80. The number of amides is 3. The smallest absolute Gasteiger partial charge is 0.438 e. The molecule has 17 nitrogen and oxygen atoms in total. The largest absolute Gasteiger partial charge is 0.475 e. The lowest BCUT2D eigenvalue weighted by Crippen LogP contribution is -2.45. The summed E-state index contributed by atoms with van der Waals surface area (Å²) in [6.45, 7) is 24.6. The molecule has 0 spiro atoms. The average molecular weight is 794 g/mol. The summed E-state index contributed by atoms with van der Waals surface area (Å²) < 4.78 is 30.6. The van der Waals surface area contributed by atoms with E-state index in [1.807, 2.05) is 0 Å². The summed E-state index contributed by atoms with van der Waals surface area (Å²) in [6.07, 6.45) is -2.62. The Morgan fingerprint density at radius 1 is 0.825 bits per heavy atom. The van der Waals surface area contributed by atoms with Crippen molar-refractivity contribution in [1.29, 1.82) is 5.26 Å². The molecule has 3 amide bonds. The van der Waals surface area contributed by atoms with Crippen molar-refractivity contribution in [3.8, 4) is 17.6 Å². The van der Waals surface area contributed by atoms with E-state index in [1.165, 1.54) is 23.3 Å². The van der Waals surface area contributed by atoms with Crippen molar-refractivity contribution < 1.29 is 42.9 Å². The minimum Gasteiger partial charge on any atom is -0.475 e. The van der Waals surface area contributed by atoms with Gasteiger partial charge in [-0.2, -0.15) is 20.2 Å². The number of imide groups is 1. The lowest BCUT2D eigenvalue weighted by atomic mass is 10.1. The lowest BCUT2D eigenvalue weighted by molar-refractivity contribution is 0.0136. The first-order chi connectivity index (χ1) is 25.9. The third kappa shape index (κ3) is 9.84. The molecule has 3 aromatic heterocycles. The maximum atomic E-state index is 14.1. The van der Waals surface area contributed by atoms with Gasteiger partial charge in [-0.05, 0) is 123 Å². The molecule has 310 valence electrons. The van der Waals surface area contributed by atoms with Gasteiger partial charge in [-0.3, -0.25) is 9.36 Å². The molecule has 0 radical (unpaired) electrons. The molecular formula is C40H55N7O10. The van der Waals surface area contributed by atoms with Gasteiger partial charge in [0.05, 0.1) is 16.9 Å². The number of hydrogen-bond acceptors (Lipinski definition) is 13. The molecule has 4 rings (SSSR count). The van der Waals surface area contributed by atoms with E-state index in [2.05, 4.69) is 11.2 Å². The number of anilines is 1. The zero-order valence-electron chi connectivity index (χ0n) is 35.9. The maximum absolute atomic E-state index is 14.1. The van der Waals surface area contributed by atoms with Crippen LogP contribution in [0.3, 0.4) is 0 Å². The number of likely N-dealkylation sites (N-methyl/N-ethyl adjacent to an activating group) is 1. The molecule has 0 N–H and O–H groups in total. The van der Waals surface area contributed by atoms with Gasteiger partial charge in [-0.15, -0.1) is 4.68 Å². The number of aryl methyl sites for hydroxylation is 2. The Morgan fingerprint density at radius 3 is 1.77 bits per heavy atom. The third-order valence-corrected chi connectivity index (χ3v) is 8.47. The molecule has 1 aliphatic carbocycles. The average Bonchev–Trinajstić information content (AvgIpc) is 3.76. The van der Waals surface area contributed by atoms with Crippen LogP contribution in [-0.4, -0.2) is 90.2 Å². The zero-order valence-corrected chi connectivity index (χ0v) is 35.9. The second kappa shape index (κ2) is 15.0. The molecule has 1 fully saturated rings. The Morgan fingerprint density at radius 2 is 1.32 bits per heavy atom. The van der Waals surface area contributed by atoms with E-state index in [1.54, 1.807) is 103 Å². The molecule has 1 aliphatic rings. The first kappa shape index (κ1) is 44.1. The molecule has 0 aromatic carbocycles. The van der Waals surface area contributed by atoms with E-state index < -0.39 is 57.9 Å². The number of carbonyl (C=O) groups is 4. The minimum atomic E-state index is -1.18. The van der Waals surface area contributed by atoms with Crippen LogP contribution in [0.15, 0.2) is 10.9 Å². The second-order valence-corrected chi connectivity index (χ2v) is 18.2. The normalized spacial score (nSPS) is 14.0. The van der Waals surface area contributed by atoms with Gasteiger partial charge in [0, 0.05) is 23.6 Å². The Kier molecular flexibility index (Phi) is 11.6. The fourth-order valence-corrected chi connectivity index (χ4v) is 5.80. The first-order valence-electron chi connectivity index (χ1n) is 18.6. The monoisotopic (exact) mass is 793 g/mol. The van der Waals surface area contributed by atoms with Crippen molar-refractivity contribution in [2.45, 2.75) is 145 Å². The van der Waals surface area contributed by atoms with E-state index in [-0.39, 0.29) is 51.8 Å². The highest BCUT2D eigenvalue weighted by atomic mass is 16.6. The second-order valence-electron chi connectivity index (χ2n) is 18.2. The van der Waals surface area contributed by atoms with Gasteiger partial charge in [0.25, 0.3) is 5.56 Å². The number of carbonyl (C=O) groups excluding carboxylic acids is 4. The third-order valence-electron chi connectivity index (χ3n) is 8.47. The highest BCUT2D eigenvalue weighted by molar-refractivity contribution is 6.13. The summed E-state index contributed by atoms with van der Waals surface area (Å²) in [6, 6.07) is 3.72. The summed E-state index contributed by atoms with van der Waals surface area (Å²) in [7, 11) is 1.64. The van der Waals surface area contributed by atoms with Gasteiger partial charge < -0.3 is 28.6 Å². The van der Waals surface area contributed by atoms with Crippen LogP contribution in [0.5, 0.6) is 5.88 Å². The van der Waals surface area contributed by atoms with E-state index in [0.29, 0.717) is 28.0 Å². The SMILES string of the molecule is Cc1cc2c(C#N)c(N(C(=O)OC(C)(C)C)C(=O)OC(C)(C)C)n(-c3c(C)nn(C(=O)OC(C)(C)C)c(=O)c3C)c2nc1OCC1(N(C)C(=O)OC(C)(C)C)CC1. The van der Waals surface area contributed by atoms with Crippen LogP contribution in [0.1, 0.15) is 118 Å². The molecule has 0 atom stereocenters. The number of nitrogens with zero attached hydrogens (tertiary/aromatic N) is 7. The molecule has 17 heteroatoms. The zero-order chi connectivity index (χ0) is 43.4. The molecule has 1 saturated carbocycles. The quantitative estimate of drug-likeness (QED) is 0.221. The van der Waals surface area contributed by atoms with E-state index >= 15 is 0 Å². The van der Waals surface area contributed by atoms with Crippen LogP contribution in [-0.2, 0) is 18.9 Å². The summed E-state index contributed by atoms with van der Waals surface area (Å²) in [5.41, 5.74) is -5.15. The Hall–Kier alpha value is -5.66. The molecule has 0 bridgehead atoms. The van der Waals surface area contributed by atoms with E-state index in [0.717, 1.165) is 0 Å². The van der Waals surface area contributed by atoms with Crippen molar-refractivity contribution in [1.82, 2.24) is 24.2 Å². The van der Waals surface area contributed by atoms with Gasteiger partial charge in [0.2, 0.25) is 5.88 Å². The summed E-state index contributed by atoms with van der Waals surface area (Å²) >= 11 is 0. The van der Waals surface area contributed by atoms with Crippen LogP contribution >= 0.6 is 0 Å². The molecule has 0 aliphatic heterocycles. The van der Waals surface area contributed by atoms with Crippen molar-refractivity contribution in [3.05, 3.63) is 38.8 Å². The van der Waals surface area contributed by atoms with Crippen LogP contribution in [0.25, 0.3) is 16.7 Å². The number of ether oxygens (including phenoxy) is 5. The Bertz CT molecular complexity index is 2190. The van der Waals surface area contributed by atoms with Crippen LogP contribution in [0.4, 0.5) is 25.0 Å². The fraction of sp³-hybridized carbons (Fsp3) is 0.600. The van der Waals surface area contributed by atoms with Gasteiger partial charge in [0.15, 0.2) is 11.5 Å². The van der Waals surface area contributed by atoms with Gasteiger partial charge in [-0.25, -0.2) is 19.2 Å². The summed E-state index contributed by atoms with van der Waals surface area (Å²) in [4.78, 5) is 75.3. The van der Waals surface area contributed by atoms with Gasteiger partial charge in [0.1, 0.15) is 40.6 Å². The lowest BCUT2D eigenvalue weighted by Gasteiger charge is -2.30. The van der Waals surface area contributed by atoms with E-state index in [9.17, 15) is 29.2 Å². The number of fused-ring (bicyclic) bond motifs is 1. The molecule has 3 aromatic rings. The number of aromatic nitrogens is 4. The molecule has 0 saturated heterocycles. The maximum Gasteiger partial charge on any atom is 0.438 e. The van der Waals surface area contributed by atoms with Gasteiger partial charge >= 0.3 is 24.4 Å². The van der Waals surface area contributed by atoms with Crippen molar-refractivity contribution in [2.75, 3.05) is 18.6 Å². The Balaban J connectivity index is 2.06. The topological polar surface area (TPSA) is 197 Å².